The number of phenols is 1. The molecule has 0 aliphatic carbocycles. The average molecular weight is 222 g/mol. The summed E-state index contributed by atoms with van der Waals surface area (Å²) >= 11 is 0. The summed E-state index contributed by atoms with van der Waals surface area (Å²) in [6.07, 6.45) is 0. The second-order valence-electron chi connectivity index (χ2n) is 4.05. The molecular formula is C12H18N2O2. The maximum Gasteiger partial charge on any atom is 0.257 e. The molecule has 0 heterocycles. The molecule has 1 N–H and O–H groups in total. The van der Waals surface area contributed by atoms with Crippen LogP contribution in [0.25, 0.3) is 0 Å². The molecule has 0 aromatic heterocycles. The first kappa shape index (κ1) is 12.5. The van der Waals surface area contributed by atoms with E-state index in [0.717, 1.165) is 6.54 Å². The summed E-state index contributed by atoms with van der Waals surface area (Å²) in [4.78, 5) is 15.5. The molecule has 4 nitrogen and oxygen atoms in total. The molecule has 0 fully saturated rings. The number of phenolic OH excluding ortho intramolecular Hbond substituents is 1. The van der Waals surface area contributed by atoms with Crippen molar-refractivity contribution in [3.8, 4) is 5.75 Å². The van der Waals surface area contributed by atoms with Crippen LogP contribution in [0.2, 0.25) is 0 Å². The van der Waals surface area contributed by atoms with Gasteiger partial charge in [0.25, 0.3) is 5.91 Å². The highest BCUT2D eigenvalue weighted by Crippen LogP contribution is 2.16. The zero-order valence-corrected chi connectivity index (χ0v) is 9.97. The molecular weight excluding hydrogens is 204 g/mol. The van der Waals surface area contributed by atoms with E-state index < -0.39 is 0 Å². The standard InChI is InChI=1S/C12H18N2O2/c1-13(2)8-9-14(3)12(16)10-6-4-5-7-11(10)15/h4-7,15H,8-9H2,1-3H3. The summed E-state index contributed by atoms with van der Waals surface area (Å²) in [6, 6.07) is 6.59. The van der Waals surface area contributed by atoms with Gasteiger partial charge in [-0.1, -0.05) is 12.1 Å². The molecule has 16 heavy (non-hydrogen) atoms. The van der Waals surface area contributed by atoms with Crippen LogP contribution in [0.15, 0.2) is 24.3 Å². The molecule has 0 radical (unpaired) electrons. The Morgan fingerprint density at radius 3 is 2.38 bits per heavy atom. The van der Waals surface area contributed by atoms with Crippen molar-refractivity contribution in [2.45, 2.75) is 0 Å². The molecule has 0 saturated carbocycles. The molecule has 1 rings (SSSR count). The van der Waals surface area contributed by atoms with Crippen LogP contribution in [0, 0.1) is 0 Å². The predicted molar refractivity (Wildman–Crippen MR) is 63.6 cm³/mol. The molecule has 0 unspecified atom stereocenters. The van der Waals surface area contributed by atoms with Gasteiger partial charge in [0.15, 0.2) is 0 Å². The summed E-state index contributed by atoms with van der Waals surface area (Å²) in [7, 11) is 5.65. The van der Waals surface area contributed by atoms with E-state index in [-0.39, 0.29) is 11.7 Å². The summed E-state index contributed by atoms with van der Waals surface area (Å²) in [5.41, 5.74) is 0.351. The number of hydrogen-bond acceptors (Lipinski definition) is 3. The lowest BCUT2D eigenvalue weighted by Crippen LogP contribution is -2.33. The van der Waals surface area contributed by atoms with Crippen LogP contribution in [0.1, 0.15) is 10.4 Å². The largest absolute Gasteiger partial charge is 0.507 e. The van der Waals surface area contributed by atoms with Gasteiger partial charge in [-0.25, -0.2) is 0 Å². The Balaban J connectivity index is 2.67. The molecule has 0 bridgehead atoms. The number of nitrogens with zero attached hydrogens (tertiary/aromatic N) is 2. The van der Waals surface area contributed by atoms with Gasteiger partial charge in [0.05, 0.1) is 5.56 Å². The van der Waals surface area contributed by atoms with E-state index in [2.05, 4.69) is 0 Å². The Labute approximate surface area is 96.1 Å². The van der Waals surface area contributed by atoms with Crippen LogP contribution in [0.4, 0.5) is 0 Å². The minimum absolute atomic E-state index is 0.0317. The highest BCUT2D eigenvalue weighted by atomic mass is 16.3. The number of rotatable bonds is 4. The number of likely N-dealkylation sites (N-methyl/N-ethyl adjacent to an activating group) is 2. The second-order valence-corrected chi connectivity index (χ2v) is 4.05. The fraction of sp³-hybridized carbons (Fsp3) is 0.417. The molecule has 1 amide bonds. The van der Waals surface area contributed by atoms with Crippen molar-refractivity contribution in [2.75, 3.05) is 34.2 Å². The van der Waals surface area contributed by atoms with Crippen molar-refractivity contribution in [1.82, 2.24) is 9.80 Å². The van der Waals surface area contributed by atoms with Crippen molar-refractivity contribution in [3.05, 3.63) is 29.8 Å². The summed E-state index contributed by atoms with van der Waals surface area (Å²) in [6.45, 7) is 1.44. The van der Waals surface area contributed by atoms with Crippen LogP contribution in [0.5, 0.6) is 5.75 Å². The minimum atomic E-state index is -0.153. The summed E-state index contributed by atoms with van der Waals surface area (Å²) < 4.78 is 0. The lowest BCUT2D eigenvalue weighted by molar-refractivity contribution is 0.0783. The number of hydrogen-bond donors (Lipinski definition) is 1. The quantitative estimate of drug-likeness (QED) is 0.827. The van der Waals surface area contributed by atoms with Gasteiger partial charge in [0.2, 0.25) is 0 Å². The van der Waals surface area contributed by atoms with Crippen molar-refractivity contribution in [2.24, 2.45) is 0 Å². The lowest BCUT2D eigenvalue weighted by Gasteiger charge is -2.20. The van der Waals surface area contributed by atoms with E-state index in [1.54, 1.807) is 30.1 Å². The average Bonchev–Trinajstić information content (AvgIpc) is 2.25. The van der Waals surface area contributed by atoms with E-state index in [1.807, 2.05) is 19.0 Å². The first-order chi connectivity index (χ1) is 7.52. The monoisotopic (exact) mass is 222 g/mol. The molecule has 1 aromatic rings. The van der Waals surface area contributed by atoms with Crippen LogP contribution in [-0.2, 0) is 0 Å². The number of para-hydroxylation sites is 1. The third kappa shape index (κ3) is 3.24. The molecule has 0 atom stereocenters. The van der Waals surface area contributed by atoms with Crippen molar-refractivity contribution >= 4 is 5.91 Å². The van der Waals surface area contributed by atoms with Gasteiger partial charge in [0.1, 0.15) is 5.75 Å². The minimum Gasteiger partial charge on any atom is -0.507 e. The first-order valence-electron chi connectivity index (χ1n) is 5.20. The maximum absolute atomic E-state index is 11.9. The third-order valence-electron chi connectivity index (χ3n) is 2.36. The van der Waals surface area contributed by atoms with E-state index in [0.29, 0.717) is 12.1 Å². The molecule has 88 valence electrons. The number of amides is 1. The van der Waals surface area contributed by atoms with Gasteiger partial charge in [-0.2, -0.15) is 0 Å². The Morgan fingerprint density at radius 1 is 1.19 bits per heavy atom. The number of carbonyl (C=O) groups excluding carboxylic acids is 1. The SMILES string of the molecule is CN(C)CCN(C)C(=O)c1ccccc1O. The molecule has 0 spiro atoms. The lowest BCUT2D eigenvalue weighted by atomic mass is 10.2. The first-order valence-corrected chi connectivity index (χ1v) is 5.20. The number of benzene rings is 1. The van der Waals surface area contributed by atoms with Crippen molar-refractivity contribution < 1.29 is 9.90 Å². The zero-order chi connectivity index (χ0) is 12.1. The Bertz CT molecular complexity index is 364. The van der Waals surface area contributed by atoms with Gasteiger partial charge >= 0.3 is 0 Å². The molecule has 0 saturated heterocycles. The van der Waals surface area contributed by atoms with Crippen LogP contribution < -0.4 is 0 Å². The van der Waals surface area contributed by atoms with E-state index in [1.165, 1.54) is 6.07 Å². The molecule has 0 aliphatic heterocycles. The van der Waals surface area contributed by atoms with Crippen LogP contribution in [0.3, 0.4) is 0 Å². The van der Waals surface area contributed by atoms with E-state index in [4.69, 9.17) is 0 Å². The smallest absolute Gasteiger partial charge is 0.257 e. The van der Waals surface area contributed by atoms with Crippen LogP contribution in [-0.4, -0.2) is 55.0 Å². The van der Waals surface area contributed by atoms with E-state index in [9.17, 15) is 9.90 Å². The van der Waals surface area contributed by atoms with Crippen molar-refractivity contribution in [1.29, 1.82) is 0 Å². The van der Waals surface area contributed by atoms with Gasteiger partial charge < -0.3 is 14.9 Å². The van der Waals surface area contributed by atoms with Crippen LogP contribution >= 0.6 is 0 Å². The van der Waals surface area contributed by atoms with E-state index >= 15 is 0 Å². The Hall–Kier alpha value is -1.55. The summed E-state index contributed by atoms with van der Waals surface area (Å²) in [5.74, 6) is -0.121. The topological polar surface area (TPSA) is 43.8 Å². The molecule has 0 aliphatic rings. The van der Waals surface area contributed by atoms with Gasteiger partial charge in [-0.05, 0) is 26.2 Å². The fourth-order valence-corrected chi connectivity index (χ4v) is 1.31. The maximum atomic E-state index is 11.9. The number of carbonyl (C=O) groups is 1. The second kappa shape index (κ2) is 5.51. The Morgan fingerprint density at radius 2 is 1.81 bits per heavy atom. The third-order valence-corrected chi connectivity index (χ3v) is 2.36. The highest BCUT2D eigenvalue weighted by molar-refractivity contribution is 5.96. The Kier molecular flexibility index (Phi) is 4.31. The van der Waals surface area contributed by atoms with Gasteiger partial charge in [0, 0.05) is 20.1 Å². The zero-order valence-electron chi connectivity index (χ0n) is 9.97. The molecule has 1 aromatic carbocycles. The van der Waals surface area contributed by atoms with Gasteiger partial charge in [-0.15, -0.1) is 0 Å². The van der Waals surface area contributed by atoms with Gasteiger partial charge in [-0.3, -0.25) is 4.79 Å². The van der Waals surface area contributed by atoms with Crippen molar-refractivity contribution in [3.63, 3.8) is 0 Å². The fourth-order valence-electron chi connectivity index (χ4n) is 1.31. The summed E-state index contributed by atoms with van der Waals surface area (Å²) in [5, 5.41) is 9.55. The predicted octanol–water partition coefficient (Wildman–Crippen LogP) is 1.03. The highest BCUT2D eigenvalue weighted by Gasteiger charge is 2.14. The normalized spacial score (nSPS) is 10.5. The molecule has 4 heteroatoms. The number of aromatic hydroxyl groups is 1.